The second kappa shape index (κ2) is 7.39. The first-order valence-corrected chi connectivity index (χ1v) is 10.5. The van der Waals surface area contributed by atoms with Crippen molar-refractivity contribution in [3.63, 3.8) is 0 Å². The minimum absolute atomic E-state index is 0.0174. The molecule has 0 atom stereocenters. The average Bonchev–Trinajstić information content (AvgIpc) is 3.06. The lowest BCUT2D eigenvalue weighted by molar-refractivity contribution is 0.0963. The monoisotopic (exact) mass is 396 g/mol. The lowest BCUT2D eigenvalue weighted by Crippen LogP contribution is -2.26. The quantitative estimate of drug-likeness (QED) is 0.698. The van der Waals surface area contributed by atoms with Gasteiger partial charge in [-0.15, -0.1) is 11.3 Å². The van der Waals surface area contributed by atoms with E-state index in [1.54, 1.807) is 35.1 Å². The number of anilines is 2. The summed E-state index contributed by atoms with van der Waals surface area (Å²) in [6.07, 6.45) is 4.33. The molecule has 1 aliphatic carbocycles. The first kappa shape index (κ1) is 18.7. The van der Waals surface area contributed by atoms with Gasteiger partial charge in [0.25, 0.3) is 11.5 Å². The summed E-state index contributed by atoms with van der Waals surface area (Å²) in [5.74, 6) is 0.410. The van der Waals surface area contributed by atoms with E-state index >= 15 is 0 Å². The van der Waals surface area contributed by atoms with Crippen LogP contribution in [0.15, 0.2) is 29.1 Å². The topological polar surface area (TPSA) is 76.0 Å². The predicted octanol–water partition coefficient (Wildman–Crippen LogP) is 4.02. The van der Waals surface area contributed by atoms with Crippen molar-refractivity contribution in [1.29, 1.82) is 0 Å². The van der Waals surface area contributed by atoms with Gasteiger partial charge in [-0.25, -0.2) is 4.98 Å². The number of carbonyl (C=O) groups is 1. The zero-order valence-corrected chi connectivity index (χ0v) is 17.2. The molecule has 2 N–H and O–H groups in total. The maximum atomic E-state index is 13.3. The second-order valence-corrected chi connectivity index (χ2v) is 8.46. The smallest absolute Gasteiger partial charge is 0.264 e. The van der Waals surface area contributed by atoms with Crippen molar-refractivity contribution in [2.45, 2.75) is 45.6 Å². The van der Waals surface area contributed by atoms with Gasteiger partial charge in [-0.05, 0) is 69.4 Å². The molecule has 2 aromatic heterocycles. The molecule has 3 aromatic rings. The SMILES string of the molecule is CNC(=O)c1ccc(Nc2nc3sc4c(c3c(=O)n2C(C)C)CCCC4)cc1. The third kappa shape index (κ3) is 3.20. The molecule has 0 spiro atoms. The summed E-state index contributed by atoms with van der Waals surface area (Å²) in [5, 5.41) is 6.69. The predicted molar refractivity (Wildman–Crippen MR) is 114 cm³/mol. The molecule has 0 radical (unpaired) electrons. The van der Waals surface area contributed by atoms with E-state index in [1.807, 2.05) is 26.0 Å². The van der Waals surface area contributed by atoms with Crippen LogP contribution in [0.3, 0.4) is 0 Å². The van der Waals surface area contributed by atoms with Gasteiger partial charge in [0.15, 0.2) is 0 Å². The molecular formula is C21H24N4O2S. The van der Waals surface area contributed by atoms with E-state index in [4.69, 9.17) is 4.98 Å². The van der Waals surface area contributed by atoms with Crippen LogP contribution in [0, 0.1) is 0 Å². The first-order chi connectivity index (χ1) is 13.5. The summed E-state index contributed by atoms with van der Waals surface area (Å²) in [6.45, 7) is 3.99. The Morgan fingerprint density at radius 3 is 2.57 bits per heavy atom. The third-order valence-electron chi connectivity index (χ3n) is 5.17. The summed E-state index contributed by atoms with van der Waals surface area (Å²) in [4.78, 5) is 32.0. The molecule has 0 fully saturated rings. The van der Waals surface area contributed by atoms with Crippen molar-refractivity contribution >= 4 is 39.1 Å². The van der Waals surface area contributed by atoms with E-state index in [0.29, 0.717) is 11.5 Å². The van der Waals surface area contributed by atoms with E-state index < -0.39 is 0 Å². The Morgan fingerprint density at radius 1 is 1.18 bits per heavy atom. The highest BCUT2D eigenvalue weighted by molar-refractivity contribution is 7.18. The number of amides is 1. The number of thiophene rings is 1. The molecule has 1 aromatic carbocycles. The van der Waals surface area contributed by atoms with Crippen LogP contribution in [0.25, 0.3) is 10.2 Å². The minimum atomic E-state index is -0.130. The number of benzene rings is 1. The highest BCUT2D eigenvalue weighted by Gasteiger charge is 2.23. The van der Waals surface area contributed by atoms with Crippen LogP contribution in [-0.4, -0.2) is 22.5 Å². The van der Waals surface area contributed by atoms with Crippen LogP contribution in [0.5, 0.6) is 0 Å². The van der Waals surface area contributed by atoms with Crippen LogP contribution >= 0.6 is 11.3 Å². The van der Waals surface area contributed by atoms with Crippen molar-refractivity contribution in [3.8, 4) is 0 Å². The van der Waals surface area contributed by atoms with E-state index in [0.717, 1.165) is 35.2 Å². The number of carbonyl (C=O) groups excluding carboxylic acids is 1. The number of aryl methyl sites for hydroxylation is 2. The van der Waals surface area contributed by atoms with Gasteiger partial charge in [-0.2, -0.15) is 0 Å². The van der Waals surface area contributed by atoms with E-state index in [1.165, 1.54) is 16.9 Å². The van der Waals surface area contributed by atoms with Crippen LogP contribution < -0.4 is 16.2 Å². The highest BCUT2D eigenvalue weighted by atomic mass is 32.1. The van der Waals surface area contributed by atoms with E-state index in [-0.39, 0.29) is 17.5 Å². The van der Waals surface area contributed by atoms with Crippen LogP contribution in [-0.2, 0) is 12.8 Å². The molecule has 7 heteroatoms. The Hall–Kier alpha value is -2.67. The Balaban J connectivity index is 1.79. The van der Waals surface area contributed by atoms with E-state index in [9.17, 15) is 9.59 Å². The molecule has 28 heavy (non-hydrogen) atoms. The molecule has 6 nitrogen and oxygen atoms in total. The lowest BCUT2D eigenvalue weighted by atomic mass is 9.97. The summed E-state index contributed by atoms with van der Waals surface area (Å²) < 4.78 is 1.73. The fourth-order valence-electron chi connectivity index (χ4n) is 3.76. The Bertz CT molecular complexity index is 1100. The van der Waals surface area contributed by atoms with Gasteiger partial charge in [-0.1, -0.05) is 0 Å². The van der Waals surface area contributed by atoms with Gasteiger partial charge in [0.2, 0.25) is 5.95 Å². The molecule has 0 saturated heterocycles. The Labute approximate surface area is 167 Å². The minimum Gasteiger partial charge on any atom is -0.355 e. The fraction of sp³-hybridized carbons (Fsp3) is 0.381. The highest BCUT2D eigenvalue weighted by Crippen LogP contribution is 2.35. The summed E-state index contributed by atoms with van der Waals surface area (Å²) >= 11 is 1.65. The molecule has 2 heterocycles. The zero-order chi connectivity index (χ0) is 19.8. The first-order valence-electron chi connectivity index (χ1n) is 9.65. The second-order valence-electron chi connectivity index (χ2n) is 7.38. The number of rotatable bonds is 4. The number of fused-ring (bicyclic) bond motifs is 3. The molecule has 0 unspecified atom stereocenters. The summed E-state index contributed by atoms with van der Waals surface area (Å²) in [7, 11) is 1.61. The number of aromatic nitrogens is 2. The number of hydrogen-bond donors (Lipinski definition) is 2. The number of nitrogens with zero attached hydrogens (tertiary/aromatic N) is 2. The molecule has 0 bridgehead atoms. The van der Waals surface area contributed by atoms with Gasteiger partial charge in [0.1, 0.15) is 4.83 Å². The van der Waals surface area contributed by atoms with Gasteiger partial charge < -0.3 is 10.6 Å². The molecule has 0 aliphatic heterocycles. The van der Waals surface area contributed by atoms with Crippen molar-refractivity contribution in [2.75, 3.05) is 12.4 Å². The van der Waals surface area contributed by atoms with Crippen LogP contribution in [0.4, 0.5) is 11.6 Å². The lowest BCUT2D eigenvalue weighted by Gasteiger charge is -2.17. The largest absolute Gasteiger partial charge is 0.355 e. The van der Waals surface area contributed by atoms with Gasteiger partial charge in [0, 0.05) is 29.2 Å². The van der Waals surface area contributed by atoms with Crippen molar-refractivity contribution < 1.29 is 4.79 Å². The summed E-state index contributed by atoms with van der Waals surface area (Å²) in [5.41, 5.74) is 2.61. The Kier molecular flexibility index (Phi) is 4.93. The molecule has 1 amide bonds. The molecule has 1 aliphatic rings. The Morgan fingerprint density at radius 2 is 1.89 bits per heavy atom. The normalized spacial score (nSPS) is 13.6. The van der Waals surface area contributed by atoms with Crippen molar-refractivity contribution in [3.05, 3.63) is 50.6 Å². The zero-order valence-electron chi connectivity index (χ0n) is 16.3. The van der Waals surface area contributed by atoms with Gasteiger partial charge in [0.05, 0.1) is 5.39 Å². The van der Waals surface area contributed by atoms with Crippen molar-refractivity contribution in [1.82, 2.24) is 14.9 Å². The number of nitrogens with one attached hydrogen (secondary N) is 2. The molecule has 4 rings (SSSR count). The van der Waals surface area contributed by atoms with E-state index in [2.05, 4.69) is 10.6 Å². The van der Waals surface area contributed by atoms with Crippen LogP contribution in [0.1, 0.15) is 53.5 Å². The molecular weight excluding hydrogens is 372 g/mol. The fourth-order valence-corrected chi connectivity index (χ4v) is 5.01. The maximum absolute atomic E-state index is 13.3. The summed E-state index contributed by atoms with van der Waals surface area (Å²) in [6, 6.07) is 7.13. The standard InChI is InChI=1S/C21H24N4O2S/c1-12(2)25-20(27)17-15-6-4-5-7-16(15)28-19(17)24-21(25)23-14-10-8-13(9-11-14)18(26)22-3/h8-12H,4-7H2,1-3H3,(H,22,26)(H,23,24). The average molecular weight is 397 g/mol. The third-order valence-corrected chi connectivity index (χ3v) is 6.35. The molecule has 146 valence electrons. The maximum Gasteiger partial charge on any atom is 0.264 e. The molecule has 0 saturated carbocycles. The van der Waals surface area contributed by atoms with Gasteiger partial charge >= 0.3 is 0 Å². The van der Waals surface area contributed by atoms with Crippen LogP contribution in [0.2, 0.25) is 0 Å². The number of hydrogen-bond acceptors (Lipinski definition) is 5. The van der Waals surface area contributed by atoms with Crippen molar-refractivity contribution in [2.24, 2.45) is 0 Å². The van der Waals surface area contributed by atoms with Gasteiger partial charge in [-0.3, -0.25) is 14.2 Å².